The second kappa shape index (κ2) is 10.5. The van der Waals surface area contributed by atoms with Gasteiger partial charge in [0, 0.05) is 23.7 Å². The smallest absolute Gasteiger partial charge is 0.306 e. The maximum absolute atomic E-state index is 14.3. The van der Waals surface area contributed by atoms with Gasteiger partial charge in [0.2, 0.25) is 0 Å². The van der Waals surface area contributed by atoms with Gasteiger partial charge in [-0.25, -0.2) is 0 Å². The summed E-state index contributed by atoms with van der Waals surface area (Å²) in [5.74, 6) is -1.72. The monoisotopic (exact) mass is 530 g/mol. The molecule has 2 saturated carbocycles. The molecular formula is C32H50O6. The maximum Gasteiger partial charge on any atom is 0.306 e. The summed E-state index contributed by atoms with van der Waals surface area (Å²) in [5.41, 5.74) is -3.77. The van der Waals surface area contributed by atoms with E-state index in [0.29, 0.717) is 24.0 Å². The summed E-state index contributed by atoms with van der Waals surface area (Å²) in [4.78, 5) is 27.5. The molecule has 1 spiro atoms. The summed E-state index contributed by atoms with van der Waals surface area (Å²) in [7, 11) is 0. The van der Waals surface area contributed by atoms with Crippen molar-refractivity contribution in [3.05, 3.63) is 23.3 Å². The van der Waals surface area contributed by atoms with Gasteiger partial charge in [-0.05, 0) is 43.8 Å². The molecule has 0 aromatic heterocycles. The summed E-state index contributed by atoms with van der Waals surface area (Å²) in [6.07, 6.45) is 12.1. The van der Waals surface area contributed by atoms with Gasteiger partial charge in [0.1, 0.15) is 23.4 Å². The lowest BCUT2D eigenvalue weighted by molar-refractivity contribution is -0.191. The third-order valence-corrected chi connectivity index (χ3v) is 10.8. The van der Waals surface area contributed by atoms with E-state index in [1.54, 1.807) is 26.0 Å². The van der Waals surface area contributed by atoms with E-state index in [9.17, 15) is 24.9 Å². The normalized spacial score (nSPS) is 40.9. The van der Waals surface area contributed by atoms with E-state index >= 15 is 0 Å². The number of esters is 1. The summed E-state index contributed by atoms with van der Waals surface area (Å²) in [5, 5.41) is 34.3. The average Bonchev–Trinajstić information content (AvgIpc) is 3.27. The maximum atomic E-state index is 14.3. The highest BCUT2D eigenvalue weighted by Gasteiger charge is 2.83. The van der Waals surface area contributed by atoms with Crippen LogP contribution >= 0.6 is 0 Å². The lowest BCUT2D eigenvalue weighted by Gasteiger charge is -2.48. The molecule has 3 N–H and O–H groups in total. The Kier molecular flexibility index (Phi) is 8.13. The predicted molar refractivity (Wildman–Crippen MR) is 147 cm³/mol. The number of carbonyl (C=O) groups is 2. The van der Waals surface area contributed by atoms with E-state index in [1.807, 2.05) is 6.92 Å². The van der Waals surface area contributed by atoms with Crippen LogP contribution in [0.4, 0.5) is 0 Å². The molecule has 4 aliphatic carbocycles. The molecule has 0 aromatic rings. The second-order valence-corrected chi connectivity index (χ2v) is 13.4. The number of aliphatic hydroxyl groups is 3. The topological polar surface area (TPSA) is 104 Å². The van der Waals surface area contributed by atoms with Crippen LogP contribution in [0.5, 0.6) is 0 Å². The third kappa shape index (κ3) is 4.16. The first-order chi connectivity index (χ1) is 17.8. The van der Waals surface area contributed by atoms with Crippen molar-refractivity contribution in [2.24, 2.45) is 28.6 Å². The Morgan fingerprint density at radius 1 is 0.974 bits per heavy atom. The molecule has 2 unspecified atom stereocenters. The van der Waals surface area contributed by atoms with Crippen LogP contribution in [0.2, 0.25) is 0 Å². The molecule has 0 radical (unpaired) electrons. The van der Waals surface area contributed by atoms with E-state index in [1.165, 1.54) is 38.5 Å². The molecule has 4 rings (SSSR count). The molecule has 8 atom stereocenters. The molecule has 2 fully saturated rings. The Morgan fingerprint density at radius 2 is 1.53 bits per heavy atom. The molecule has 38 heavy (non-hydrogen) atoms. The lowest BCUT2D eigenvalue weighted by Crippen LogP contribution is -2.65. The number of Topliss-reactive ketones (excluding diaryl/α,β-unsaturated/α-hetero) is 1. The Labute approximate surface area is 228 Å². The molecule has 0 heterocycles. The molecule has 214 valence electrons. The molecule has 0 saturated heterocycles. The summed E-state index contributed by atoms with van der Waals surface area (Å²) in [6.45, 7) is 11.6. The lowest BCUT2D eigenvalue weighted by atomic mass is 9.59. The summed E-state index contributed by atoms with van der Waals surface area (Å²) in [6, 6.07) is 0. The summed E-state index contributed by atoms with van der Waals surface area (Å²) < 4.78 is 6.33. The zero-order valence-corrected chi connectivity index (χ0v) is 24.4. The first kappa shape index (κ1) is 29.5. The number of allylic oxidation sites excluding steroid dienone is 1. The molecule has 2 bridgehead atoms. The number of rotatable bonds is 11. The van der Waals surface area contributed by atoms with Crippen molar-refractivity contribution in [1.82, 2.24) is 0 Å². The highest BCUT2D eigenvalue weighted by atomic mass is 16.6. The van der Waals surface area contributed by atoms with E-state index in [4.69, 9.17) is 4.74 Å². The van der Waals surface area contributed by atoms with Crippen LogP contribution < -0.4 is 0 Å². The number of hydrogen-bond donors (Lipinski definition) is 3. The fourth-order valence-electron chi connectivity index (χ4n) is 8.54. The number of unbranched alkanes of at least 4 members (excludes halogenated alkanes) is 8. The number of ketones is 1. The van der Waals surface area contributed by atoms with Gasteiger partial charge in [-0.2, -0.15) is 0 Å². The van der Waals surface area contributed by atoms with Crippen LogP contribution in [0, 0.1) is 28.6 Å². The number of hydrogen-bond acceptors (Lipinski definition) is 6. The van der Waals surface area contributed by atoms with Crippen LogP contribution in [0.15, 0.2) is 23.3 Å². The molecule has 4 aliphatic rings. The van der Waals surface area contributed by atoms with Crippen LogP contribution in [-0.2, 0) is 14.3 Å². The van der Waals surface area contributed by atoms with E-state index in [2.05, 4.69) is 20.8 Å². The number of ether oxygens (including phenoxy) is 1. The molecule has 6 heteroatoms. The van der Waals surface area contributed by atoms with E-state index in [0.717, 1.165) is 19.3 Å². The minimum atomic E-state index is -2.05. The fourth-order valence-corrected chi connectivity index (χ4v) is 8.54. The fraction of sp³-hybridized carbons (Fsp3) is 0.812. The molecule has 6 nitrogen and oxygen atoms in total. The highest BCUT2D eigenvalue weighted by Crippen LogP contribution is 2.75. The number of fused-ring (bicyclic) bond motifs is 3. The number of carbonyl (C=O) groups excluding carboxylic acids is 2. The Balaban J connectivity index is 1.50. The van der Waals surface area contributed by atoms with Gasteiger partial charge in [-0.3, -0.25) is 9.59 Å². The van der Waals surface area contributed by atoms with Gasteiger partial charge in [-0.15, -0.1) is 0 Å². The van der Waals surface area contributed by atoms with Gasteiger partial charge in [0.05, 0.1) is 5.41 Å². The highest BCUT2D eigenvalue weighted by molar-refractivity contribution is 5.95. The Hall–Kier alpha value is -1.50. The van der Waals surface area contributed by atoms with E-state index in [-0.39, 0.29) is 17.7 Å². The van der Waals surface area contributed by atoms with Crippen LogP contribution in [-0.4, -0.2) is 50.5 Å². The molecule has 0 aliphatic heterocycles. The average molecular weight is 531 g/mol. The molecule has 0 amide bonds. The van der Waals surface area contributed by atoms with Crippen LogP contribution in [0.1, 0.15) is 112 Å². The van der Waals surface area contributed by atoms with E-state index < -0.39 is 46.1 Å². The first-order valence-electron chi connectivity index (χ1n) is 15.0. The first-order valence-corrected chi connectivity index (χ1v) is 15.0. The Bertz CT molecular complexity index is 996. The molecular weight excluding hydrogens is 480 g/mol. The van der Waals surface area contributed by atoms with Gasteiger partial charge in [-0.1, -0.05) is 91.2 Å². The van der Waals surface area contributed by atoms with Crippen molar-refractivity contribution in [1.29, 1.82) is 0 Å². The van der Waals surface area contributed by atoms with Crippen molar-refractivity contribution < 1.29 is 29.6 Å². The van der Waals surface area contributed by atoms with Gasteiger partial charge >= 0.3 is 5.97 Å². The van der Waals surface area contributed by atoms with Crippen LogP contribution in [0.25, 0.3) is 0 Å². The van der Waals surface area contributed by atoms with Gasteiger partial charge in [0.25, 0.3) is 0 Å². The largest absolute Gasteiger partial charge is 0.458 e. The second-order valence-electron chi connectivity index (χ2n) is 13.4. The minimum absolute atomic E-state index is 0.188. The van der Waals surface area contributed by atoms with Crippen molar-refractivity contribution in [3.8, 4) is 0 Å². The quantitative estimate of drug-likeness (QED) is 0.187. The SMILES string of the molecule is CCCCCCCCCCCC(=O)O[C@@]12CC(C)C34C=C(C)[C@H](O)[C@@]3(O)[C@H](O)C(C)=C[C@H](C4=O)[C@@H]1C2(C)C. The molecule has 0 aromatic carbocycles. The van der Waals surface area contributed by atoms with Crippen molar-refractivity contribution in [3.63, 3.8) is 0 Å². The third-order valence-electron chi connectivity index (χ3n) is 10.8. The predicted octanol–water partition coefficient (Wildman–Crippen LogP) is 5.43. The minimum Gasteiger partial charge on any atom is -0.458 e. The van der Waals surface area contributed by atoms with Gasteiger partial charge < -0.3 is 20.1 Å². The van der Waals surface area contributed by atoms with Crippen molar-refractivity contribution >= 4 is 11.8 Å². The number of aliphatic hydroxyl groups excluding tert-OH is 2. The zero-order chi connectivity index (χ0) is 28.1. The van der Waals surface area contributed by atoms with Gasteiger partial charge in [0.15, 0.2) is 5.78 Å². The van der Waals surface area contributed by atoms with Crippen molar-refractivity contribution in [2.45, 2.75) is 136 Å². The van der Waals surface area contributed by atoms with Crippen molar-refractivity contribution in [2.75, 3.05) is 0 Å². The Morgan fingerprint density at radius 3 is 2.13 bits per heavy atom. The standard InChI is InChI=1S/C32H50O6/c1-7-8-9-10-11-12-13-14-15-16-24(33)38-31-19-22(4)30-18-21(3)27(35)32(30,37)26(34)20(2)17-23(28(30)36)25(31)29(31,5)6/h17-18,22-23,25-27,34-35,37H,7-16,19H2,1-6H3/t22?,23-,25+,26+,27-,30?,31-,32-/m0/s1. The van der Waals surface area contributed by atoms with Crippen LogP contribution in [0.3, 0.4) is 0 Å². The summed E-state index contributed by atoms with van der Waals surface area (Å²) >= 11 is 0. The zero-order valence-electron chi connectivity index (χ0n) is 24.4.